The summed E-state index contributed by atoms with van der Waals surface area (Å²) in [5, 5.41) is 9.80. The van der Waals surface area contributed by atoms with Crippen LogP contribution in [-0.2, 0) is 6.54 Å². The summed E-state index contributed by atoms with van der Waals surface area (Å²) in [6, 6.07) is 0. The number of H-pyrrole nitrogens is 1. The number of rotatable bonds is 3. The van der Waals surface area contributed by atoms with E-state index in [0.717, 1.165) is 0 Å². The molecule has 2 atom stereocenters. The molecular weight excluding hydrogens is 272 g/mol. The number of piperidine rings is 1. The summed E-state index contributed by atoms with van der Waals surface area (Å²) < 4.78 is 1.41. The third-order valence-electron chi connectivity index (χ3n) is 3.94. The van der Waals surface area contributed by atoms with E-state index in [-0.39, 0.29) is 23.8 Å². The Morgan fingerprint density at radius 2 is 2.10 bits per heavy atom. The second-order valence-corrected chi connectivity index (χ2v) is 6.28. The van der Waals surface area contributed by atoms with E-state index in [4.69, 9.17) is 5.73 Å². The normalized spacial score (nSPS) is 22.8. The first-order valence-corrected chi connectivity index (χ1v) is 7.36. The highest BCUT2D eigenvalue weighted by Gasteiger charge is 2.28. The van der Waals surface area contributed by atoms with Gasteiger partial charge < -0.3 is 15.7 Å². The van der Waals surface area contributed by atoms with Crippen LogP contribution in [0.4, 0.5) is 11.5 Å². The number of aromatic amines is 1. The van der Waals surface area contributed by atoms with Crippen LogP contribution in [0.5, 0.6) is 0 Å². The molecule has 0 aliphatic carbocycles. The van der Waals surface area contributed by atoms with Gasteiger partial charge >= 0.3 is 5.69 Å². The fourth-order valence-electron chi connectivity index (χ4n) is 2.77. The number of nitrogens with one attached hydrogen (secondary N) is 1. The molecule has 7 nitrogen and oxygen atoms in total. The molecule has 0 aromatic carbocycles. The van der Waals surface area contributed by atoms with Gasteiger partial charge in [-0.2, -0.15) is 0 Å². The summed E-state index contributed by atoms with van der Waals surface area (Å²) >= 11 is 0. The molecule has 0 bridgehead atoms. The Labute approximate surface area is 123 Å². The van der Waals surface area contributed by atoms with Crippen molar-refractivity contribution in [1.29, 1.82) is 0 Å². The van der Waals surface area contributed by atoms with Crippen molar-refractivity contribution in [2.24, 2.45) is 11.8 Å². The molecule has 0 radical (unpaired) electrons. The Morgan fingerprint density at radius 1 is 1.43 bits per heavy atom. The van der Waals surface area contributed by atoms with Crippen LogP contribution in [-0.4, -0.2) is 33.9 Å². The van der Waals surface area contributed by atoms with Gasteiger partial charge in [-0.25, -0.2) is 4.79 Å². The average Bonchev–Trinajstić information content (AvgIpc) is 2.38. The first kappa shape index (κ1) is 15.6. The second-order valence-electron chi connectivity index (χ2n) is 6.28. The van der Waals surface area contributed by atoms with Gasteiger partial charge in [-0.3, -0.25) is 14.3 Å². The van der Waals surface area contributed by atoms with E-state index in [1.807, 2.05) is 25.7 Å². The Hall–Kier alpha value is -1.76. The van der Waals surface area contributed by atoms with Gasteiger partial charge in [-0.05, 0) is 18.3 Å². The van der Waals surface area contributed by atoms with Crippen LogP contribution in [0, 0.1) is 11.8 Å². The number of nitrogens with zero attached hydrogens (tertiary/aromatic N) is 2. The largest absolute Gasteiger partial charge is 0.393 e. The van der Waals surface area contributed by atoms with Gasteiger partial charge in [-0.15, -0.1) is 0 Å². The molecule has 0 saturated carbocycles. The lowest BCUT2D eigenvalue weighted by atomic mass is 9.96. The standard InChI is InChI=1S/C14H24N4O3/c1-8(2)6-18-12(15)11(13(20)16-14(18)21)17-5-4-10(19)9(3)7-17/h8-10,19H,4-7,15H2,1-3H3,(H,16,20,21). The van der Waals surface area contributed by atoms with Crippen LogP contribution in [0.2, 0.25) is 0 Å². The van der Waals surface area contributed by atoms with Crippen molar-refractivity contribution in [3.8, 4) is 0 Å². The number of aliphatic hydroxyl groups is 1. The van der Waals surface area contributed by atoms with Crippen LogP contribution in [0.15, 0.2) is 9.59 Å². The van der Waals surface area contributed by atoms with E-state index in [1.165, 1.54) is 4.57 Å². The smallest absolute Gasteiger partial charge is 0.330 e. The highest BCUT2D eigenvalue weighted by Crippen LogP contribution is 2.24. The minimum absolute atomic E-state index is 0.0584. The van der Waals surface area contributed by atoms with Gasteiger partial charge in [0.2, 0.25) is 0 Å². The summed E-state index contributed by atoms with van der Waals surface area (Å²) in [6.45, 7) is 7.46. The van der Waals surface area contributed by atoms with E-state index >= 15 is 0 Å². The summed E-state index contributed by atoms with van der Waals surface area (Å²) in [4.78, 5) is 28.3. The van der Waals surface area contributed by atoms with Crippen LogP contribution in [0.25, 0.3) is 0 Å². The van der Waals surface area contributed by atoms with Crippen LogP contribution < -0.4 is 21.9 Å². The van der Waals surface area contributed by atoms with Gasteiger partial charge in [0.15, 0.2) is 0 Å². The van der Waals surface area contributed by atoms with Gasteiger partial charge in [0.05, 0.1) is 6.10 Å². The van der Waals surface area contributed by atoms with Crippen molar-refractivity contribution in [2.75, 3.05) is 23.7 Å². The van der Waals surface area contributed by atoms with Gasteiger partial charge in [0, 0.05) is 19.6 Å². The SMILES string of the molecule is CC(C)Cn1c(N)c(N2CCC(O)C(C)C2)c(=O)[nH]c1=O. The molecule has 1 aromatic rings. The lowest BCUT2D eigenvalue weighted by Gasteiger charge is -2.36. The second kappa shape index (κ2) is 5.93. The van der Waals surface area contributed by atoms with Gasteiger partial charge in [0.1, 0.15) is 11.5 Å². The zero-order valence-electron chi connectivity index (χ0n) is 12.8. The first-order chi connectivity index (χ1) is 9.81. The zero-order chi connectivity index (χ0) is 15.7. The highest BCUT2D eigenvalue weighted by atomic mass is 16.3. The molecule has 1 aliphatic heterocycles. The monoisotopic (exact) mass is 296 g/mol. The molecule has 118 valence electrons. The van der Waals surface area contributed by atoms with E-state index in [1.54, 1.807) is 0 Å². The molecule has 2 unspecified atom stereocenters. The Bertz CT molecular complexity index is 620. The van der Waals surface area contributed by atoms with Crippen molar-refractivity contribution in [3.05, 3.63) is 20.8 Å². The third-order valence-corrected chi connectivity index (χ3v) is 3.94. The molecule has 2 rings (SSSR count). The maximum atomic E-state index is 12.1. The maximum absolute atomic E-state index is 12.1. The summed E-state index contributed by atoms with van der Waals surface area (Å²) in [6.07, 6.45) is 0.228. The molecule has 1 aromatic heterocycles. The predicted molar refractivity (Wildman–Crippen MR) is 82.6 cm³/mol. The Balaban J connectivity index is 2.44. The fourth-order valence-corrected chi connectivity index (χ4v) is 2.77. The van der Waals surface area contributed by atoms with Crippen LogP contribution >= 0.6 is 0 Å². The maximum Gasteiger partial charge on any atom is 0.330 e. The number of anilines is 2. The van der Waals surface area contributed by atoms with Gasteiger partial charge in [0.25, 0.3) is 5.56 Å². The molecular formula is C14H24N4O3. The highest BCUT2D eigenvalue weighted by molar-refractivity contribution is 5.62. The van der Waals surface area contributed by atoms with Crippen molar-refractivity contribution >= 4 is 11.5 Å². The van der Waals surface area contributed by atoms with Crippen LogP contribution in [0.1, 0.15) is 27.2 Å². The van der Waals surface area contributed by atoms with E-state index < -0.39 is 11.2 Å². The minimum Gasteiger partial charge on any atom is -0.393 e. The summed E-state index contributed by atoms with van der Waals surface area (Å²) in [7, 11) is 0. The molecule has 1 aliphatic rings. The lowest BCUT2D eigenvalue weighted by molar-refractivity contribution is 0.0970. The molecule has 2 heterocycles. The predicted octanol–water partition coefficient (Wildman–Crippen LogP) is -0.0181. The number of nitrogen functional groups attached to an aromatic ring is 1. The molecule has 4 N–H and O–H groups in total. The summed E-state index contributed by atoms with van der Waals surface area (Å²) in [5.41, 5.74) is 5.50. The van der Waals surface area contributed by atoms with Crippen molar-refractivity contribution in [3.63, 3.8) is 0 Å². The third kappa shape index (κ3) is 3.12. The van der Waals surface area contributed by atoms with Crippen molar-refractivity contribution < 1.29 is 5.11 Å². The molecule has 1 saturated heterocycles. The first-order valence-electron chi connectivity index (χ1n) is 7.36. The Kier molecular flexibility index (Phi) is 4.41. The number of aliphatic hydroxyl groups excluding tert-OH is 1. The van der Waals surface area contributed by atoms with E-state index in [9.17, 15) is 14.7 Å². The van der Waals surface area contributed by atoms with E-state index in [0.29, 0.717) is 31.7 Å². The number of hydrogen-bond donors (Lipinski definition) is 3. The average molecular weight is 296 g/mol. The minimum atomic E-state index is -0.472. The molecule has 21 heavy (non-hydrogen) atoms. The molecule has 1 fully saturated rings. The summed E-state index contributed by atoms with van der Waals surface area (Å²) in [5.74, 6) is 0.509. The van der Waals surface area contributed by atoms with Crippen molar-refractivity contribution in [1.82, 2.24) is 9.55 Å². The number of nitrogens with two attached hydrogens (primary N) is 1. The molecule has 0 amide bonds. The molecule has 0 spiro atoms. The van der Waals surface area contributed by atoms with Gasteiger partial charge in [-0.1, -0.05) is 20.8 Å². The quantitative estimate of drug-likeness (QED) is 0.727. The molecule has 7 heteroatoms. The lowest BCUT2D eigenvalue weighted by Crippen LogP contribution is -2.46. The Morgan fingerprint density at radius 3 is 2.67 bits per heavy atom. The van der Waals surface area contributed by atoms with Crippen LogP contribution in [0.3, 0.4) is 0 Å². The number of hydrogen-bond acceptors (Lipinski definition) is 5. The van der Waals surface area contributed by atoms with E-state index in [2.05, 4.69) is 4.98 Å². The fraction of sp³-hybridized carbons (Fsp3) is 0.714. The topological polar surface area (TPSA) is 104 Å². The van der Waals surface area contributed by atoms with Crippen molar-refractivity contribution in [2.45, 2.75) is 39.8 Å². The number of aromatic nitrogens is 2. The zero-order valence-corrected chi connectivity index (χ0v) is 12.8.